The van der Waals surface area contributed by atoms with E-state index >= 15 is 0 Å². The number of carbonyl (C=O) groups excluding carboxylic acids is 1. The first kappa shape index (κ1) is 18.2. The first-order valence-corrected chi connectivity index (χ1v) is 9.05. The average molecular weight is 369 g/mol. The van der Waals surface area contributed by atoms with E-state index in [1.165, 1.54) is 5.56 Å². The number of benzene rings is 2. The minimum Gasteiger partial charge on any atom is -0.335 e. The van der Waals surface area contributed by atoms with Gasteiger partial charge < -0.3 is 10.6 Å². The summed E-state index contributed by atoms with van der Waals surface area (Å²) < 4.78 is 0. The number of nitrogens with one attached hydrogen (secondary N) is 2. The normalized spacial score (nSPS) is 15.2. The van der Waals surface area contributed by atoms with Gasteiger partial charge in [-0.3, -0.25) is 4.90 Å². The number of carbonyl (C=O) groups is 1. The largest absolute Gasteiger partial charge is 0.335 e. The van der Waals surface area contributed by atoms with Crippen LogP contribution < -0.4 is 10.6 Å². The SMILES string of the molecule is N#Cc1ccc(NC(=O)NC2CCN(Cc3ccccc3)CC2)cc1Cl. The van der Waals surface area contributed by atoms with E-state index in [0.717, 1.165) is 32.5 Å². The number of anilines is 1. The lowest BCUT2D eigenvalue weighted by molar-refractivity contribution is 0.190. The van der Waals surface area contributed by atoms with Gasteiger partial charge in [-0.05, 0) is 36.6 Å². The van der Waals surface area contributed by atoms with Crippen molar-refractivity contribution < 1.29 is 4.79 Å². The van der Waals surface area contributed by atoms with Gasteiger partial charge in [-0.25, -0.2) is 4.79 Å². The highest BCUT2D eigenvalue weighted by atomic mass is 35.5. The highest BCUT2D eigenvalue weighted by molar-refractivity contribution is 6.32. The fourth-order valence-corrected chi connectivity index (χ4v) is 3.34. The van der Waals surface area contributed by atoms with Crippen LogP contribution in [0.2, 0.25) is 5.02 Å². The number of hydrogen-bond acceptors (Lipinski definition) is 3. The molecule has 0 unspecified atom stereocenters. The van der Waals surface area contributed by atoms with Crippen LogP contribution in [0.1, 0.15) is 24.0 Å². The van der Waals surface area contributed by atoms with Gasteiger partial charge in [0.2, 0.25) is 0 Å². The van der Waals surface area contributed by atoms with Crippen molar-refractivity contribution in [3.63, 3.8) is 0 Å². The number of rotatable bonds is 4. The van der Waals surface area contributed by atoms with Gasteiger partial charge in [0.25, 0.3) is 0 Å². The molecule has 0 aliphatic carbocycles. The molecule has 6 heteroatoms. The Kier molecular flexibility index (Phi) is 6.11. The molecule has 0 saturated carbocycles. The quantitative estimate of drug-likeness (QED) is 0.857. The molecule has 0 spiro atoms. The number of halogens is 1. The summed E-state index contributed by atoms with van der Waals surface area (Å²) in [4.78, 5) is 14.6. The van der Waals surface area contributed by atoms with Gasteiger partial charge >= 0.3 is 6.03 Å². The van der Waals surface area contributed by atoms with Crippen LogP contribution in [0.15, 0.2) is 48.5 Å². The Morgan fingerprint density at radius 1 is 1.19 bits per heavy atom. The van der Waals surface area contributed by atoms with Crippen molar-refractivity contribution >= 4 is 23.3 Å². The Morgan fingerprint density at radius 2 is 1.92 bits per heavy atom. The second-order valence-corrected chi connectivity index (χ2v) is 6.85. The Labute approximate surface area is 158 Å². The number of urea groups is 1. The molecular formula is C20H21ClN4O. The fourth-order valence-electron chi connectivity index (χ4n) is 3.11. The number of nitrogens with zero attached hydrogens (tertiary/aromatic N) is 2. The van der Waals surface area contributed by atoms with Gasteiger partial charge in [-0.15, -0.1) is 0 Å². The van der Waals surface area contributed by atoms with Crippen LogP contribution in [0, 0.1) is 11.3 Å². The zero-order chi connectivity index (χ0) is 18.4. The number of piperidine rings is 1. The smallest absolute Gasteiger partial charge is 0.319 e. The molecule has 26 heavy (non-hydrogen) atoms. The molecule has 2 N–H and O–H groups in total. The predicted molar refractivity (Wildman–Crippen MR) is 103 cm³/mol. The van der Waals surface area contributed by atoms with E-state index in [2.05, 4.69) is 39.8 Å². The Hall–Kier alpha value is -2.55. The lowest BCUT2D eigenvalue weighted by atomic mass is 10.0. The van der Waals surface area contributed by atoms with Crippen LogP contribution in [0.25, 0.3) is 0 Å². The van der Waals surface area contributed by atoms with Gasteiger partial charge in [0.05, 0.1) is 10.6 Å². The molecular weight excluding hydrogens is 348 g/mol. The molecule has 1 heterocycles. The summed E-state index contributed by atoms with van der Waals surface area (Å²) in [7, 11) is 0. The molecule has 1 aliphatic rings. The molecule has 5 nitrogen and oxygen atoms in total. The van der Waals surface area contributed by atoms with Crippen molar-refractivity contribution in [2.45, 2.75) is 25.4 Å². The Balaban J connectivity index is 1.45. The lowest BCUT2D eigenvalue weighted by Gasteiger charge is -2.32. The van der Waals surface area contributed by atoms with E-state index in [4.69, 9.17) is 16.9 Å². The van der Waals surface area contributed by atoms with Gasteiger partial charge in [-0.1, -0.05) is 41.9 Å². The van der Waals surface area contributed by atoms with Crippen molar-refractivity contribution in [3.05, 3.63) is 64.7 Å². The van der Waals surface area contributed by atoms with Gasteiger partial charge in [-0.2, -0.15) is 5.26 Å². The van der Waals surface area contributed by atoms with Crippen molar-refractivity contribution in [1.29, 1.82) is 5.26 Å². The van der Waals surface area contributed by atoms with E-state index in [1.54, 1.807) is 18.2 Å². The van der Waals surface area contributed by atoms with Crippen molar-refractivity contribution in [2.75, 3.05) is 18.4 Å². The van der Waals surface area contributed by atoms with Crippen molar-refractivity contribution in [1.82, 2.24) is 10.2 Å². The molecule has 0 bridgehead atoms. The lowest BCUT2D eigenvalue weighted by Crippen LogP contribution is -2.45. The zero-order valence-electron chi connectivity index (χ0n) is 14.4. The summed E-state index contributed by atoms with van der Waals surface area (Å²) in [6.45, 7) is 2.87. The summed E-state index contributed by atoms with van der Waals surface area (Å²) in [5.41, 5.74) is 2.28. The van der Waals surface area contributed by atoms with E-state index in [0.29, 0.717) is 16.3 Å². The average Bonchev–Trinajstić information content (AvgIpc) is 2.64. The Bertz CT molecular complexity index is 795. The van der Waals surface area contributed by atoms with Crippen molar-refractivity contribution in [3.8, 4) is 6.07 Å². The van der Waals surface area contributed by atoms with Gasteiger partial charge in [0.1, 0.15) is 6.07 Å². The maximum absolute atomic E-state index is 12.2. The summed E-state index contributed by atoms with van der Waals surface area (Å²) in [5, 5.41) is 15.0. The third kappa shape index (κ3) is 4.98. The van der Waals surface area contributed by atoms with Crippen LogP contribution in [-0.4, -0.2) is 30.1 Å². The molecule has 1 aliphatic heterocycles. The third-order valence-electron chi connectivity index (χ3n) is 4.52. The molecule has 0 aromatic heterocycles. The first-order chi connectivity index (χ1) is 12.6. The monoisotopic (exact) mass is 368 g/mol. The number of hydrogen-bond donors (Lipinski definition) is 2. The zero-order valence-corrected chi connectivity index (χ0v) is 15.2. The second-order valence-electron chi connectivity index (χ2n) is 6.44. The van der Waals surface area contributed by atoms with Gasteiger partial charge in [0, 0.05) is 31.4 Å². The minimum absolute atomic E-state index is 0.163. The molecule has 2 amide bonds. The number of nitriles is 1. The van der Waals surface area contributed by atoms with Crippen LogP contribution in [0.3, 0.4) is 0 Å². The second kappa shape index (κ2) is 8.70. The first-order valence-electron chi connectivity index (χ1n) is 8.67. The maximum atomic E-state index is 12.2. The molecule has 3 rings (SSSR count). The summed E-state index contributed by atoms with van der Waals surface area (Å²) in [6, 6.07) is 17.2. The molecule has 0 atom stereocenters. The topological polar surface area (TPSA) is 68.2 Å². The highest BCUT2D eigenvalue weighted by Gasteiger charge is 2.20. The van der Waals surface area contributed by atoms with Gasteiger partial charge in [0.15, 0.2) is 0 Å². The summed E-state index contributed by atoms with van der Waals surface area (Å²) in [5.74, 6) is 0. The molecule has 1 saturated heterocycles. The highest BCUT2D eigenvalue weighted by Crippen LogP contribution is 2.20. The molecule has 134 valence electrons. The van der Waals surface area contributed by atoms with Crippen LogP contribution in [0.4, 0.5) is 10.5 Å². The predicted octanol–water partition coefficient (Wildman–Crippen LogP) is 4.00. The van der Waals surface area contributed by atoms with E-state index in [1.807, 2.05) is 12.1 Å². The molecule has 0 radical (unpaired) electrons. The van der Waals surface area contributed by atoms with E-state index in [-0.39, 0.29) is 12.1 Å². The molecule has 1 fully saturated rings. The van der Waals surface area contributed by atoms with E-state index in [9.17, 15) is 4.79 Å². The molecule has 2 aromatic carbocycles. The summed E-state index contributed by atoms with van der Waals surface area (Å²) >= 11 is 5.99. The van der Waals surface area contributed by atoms with Crippen LogP contribution in [0.5, 0.6) is 0 Å². The van der Waals surface area contributed by atoms with Crippen molar-refractivity contribution in [2.24, 2.45) is 0 Å². The molecule has 2 aromatic rings. The number of likely N-dealkylation sites (tertiary alicyclic amines) is 1. The minimum atomic E-state index is -0.243. The standard InChI is InChI=1S/C20H21ClN4O/c21-19-12-18(7-6-16(19)13-22)24-20(26)23-17-8-10-25(11-9-17)14-15-4-2-1-3-5-15/h1-7,12,17H,8-11,14H2,(H2,23,24,26). The number of amides is 2. The third-order valence-corrected chi connectivity index (χ3v) is 4.83. The Morgan fingerprint density at radius 3 is 2.58 bits per heavy atom. The fraction of sp³-hybridized carbons (Fsp3) is 0.300. The van der Waals surface area contributed by atoms with E-state index < -0.39 is 0 Å². The summed E-state index contributed by atoms with van der Waals surface area (Å²) in [6.07, 6.45) is 1.85. The van der Waals surface area contributed by atoms with Crippen LogP contribution in [-0.2, 0) is 6.54 Å². The van der Waals surface area contributed by atoms with Crippen LogP contribution >= 0.6 is 11.6 Å². The maximum Gasteiger partial charge on any atom is 0.319 e.